The van der Waals surface area contributed by atoms with Gasteiger partial charge in [-0.25, -0.2) is 0 Å². The number of hydrogen-bond donors (Lipinski definition) is 1. The second kappa shape index (κ2) is 34.4. The monoisotopic (exact) mass is 595 g/mol. The van der Waals surface area contributed by atoms with Crippen molar-refractivity contribution in [1.29, 1.82) is 0 Å². The molecule has 0 aromatic carbocycles. The van der Waals surface area contributed by atoms with E-state index in [4.69, 9.17) is 4.74 Å². The minimum absolute atomic E-state index is 0.0664. The van der Waals surface area contributed by atoms with Crippen LogP contribution in [0.15, 0.2) is 0 Å². The fourth-order valence-electron chi connectivity index (χ4n) is 6.03. The molecule has 0 aromatic rings. The minimum atomic E-state index is -0.875. The Kier molecular flexibility index (Phi) is 33.6. The van der Waals surface area contributed by atoms with Crippen molar-refractivity contribution >= 4 is 11.9 Å². The van der Waals surface area contributed by atoms with Crippen LogP contribution in [0.5, 0.6) is 0 Å². The van der Waals surface area contributed by atoms with E-state index in [2.05, 4.69) is 13.8 Å². The van der Waals surface area contributed by atoms with Crippen LogP contribution in [0.4, 0.5) is 0 Å². The average molecular weight is 595 g/mol. The SMILES string of the molecule is CCCCCCCCCCCCCCCCCCCC(=O)OC(CCCCCCCCCCCCCCC)CC(=O)O. The second-order valence-electron chi connectivity index (χ2n) is 13.1. The van der Waals surface area contributed by atoms with Crippen molar-refractivity contribution in [3.63, 3.8) is 0 Å². The van der Waals surface area contributed by atoms with Gasteiger partial charge in [-0.2, -0.15) is 0 Å². The molecule has 4 heteroatoms. The number of carbonyl (C=O) groups excluding carboxylic acids is 1. The summed E-state index contributed by atoms with van der Waals surface area (Å²) in [7, 11) is 0. The fourth-order valence-corrected chi connectivity index (χ4v) is 6.03. The van der Waals surface area contributed by atoms with Gasteiger partial charge in [0, 0.05) is 6.42 Å². The zero-order valence-corrected chi connectivity index (χ0v) is 28.6. The summed E-state index contributed by atoms with van der Waals surface area (Å²) in [6, 6.07) is 0. The third-order valence-corrected chi connectivity index (χ3v) is 8.81. The van der Waals surface area contributed by atoms with E-state index < -0.39 is 12.1 Å². The third-order valence-electron chi connectivity index (χ3n) is 8.81. The maximum atomic E-state index is 12.3. The number of rotatable bonds is 35. The molecule has 1 atom stereocenters. The van der Waals surface area contributed by atoms with Crippen molar-refractivity contribution in [2.24, 2.45) is 0 Å². The number of esters is 1. The molecule has 0 radical (unpaired) electrons. The predicted octanol–water partition coefficient (Wildman–Crippen LogP) is 12.9. The molecule has 0 saturated carbocycles. The predicted molar refractivity (Wildman–Crippen MR) is 181 cm³/mol. The van der Waals surface area contributed by atoms with Gasteiger partial charge in [-0.3, -0.25) is 9.59 Å². The molecule has 0 aromatic heterocycles. The topological polar surface area (TPSA) is 63.6 Å². The van der Waals surface area contributed by atoms with Gasteiger partial charge in [0.05, 0.1) is 6.42 Å². The number of hydrogen-bond acceptors (Lipinski definition) is 3. The summed E-state index contributed by atoms with van der Waals surface area (Å²) >= 11 is 0. The molecule has 250 valence electrons. The van der Waals surface area contributed by atoms with Gasteiger partial charge in [0.25, 0.3) is 0 Å². The van der Waals surface area contributed by atoms with Crippen LogP contribution in [0, 0.1) is 0 Å². The number of carbonyl (C=O) groups is 2. The van der Waals surface area contributed by atoms with E-state index in [-0.39, 0.29) is 12.4 Å². The van der Waals surface area contributed by atoms with E-state index in [1.165, 1.54) is 167 Å². The van der Waals surface area contributed by atoms with Crippen LogP contribution in [-0.4, -0.2) is 23.1 Å². The number of ether oxygens (including phenoxy) is 1. The minimum Gasteiger partial charge on any atom is -0.481 e. The molecule has 0 aliphatic carbocycles. The molecule has 0 bridgehead atoms. The molecule has 0 saturated heterocycles. The number of aliphatic carboxylic acids is 1. The van der Waals surface area contributed by atoms with Gasteiger partial charge >= 0.3 is 11.9 Å². The van der Waals surface area contributed by atoms with Crippen LogP contribution in [0.1, 0.15) is 226 Å². The van der Waals surface area contributed by atoms with E-state index in [0.29, 0.717) is 12.8 Å². The summed E-state index contributed by atoms with van der Waals surface area (Å²) < 4.78 is 5.58. The van der Waals surface area contributed by atoms with Gasteiger partial charge in [0.2, 0.25) is 0 Å². The lowest BCUT2D eigenvalue weighted by molar-refractivity contribution is -0.153. The molecular weight excluding hydrogens is 520 g/mol. The van der Waals surface area contributed by atoms with Gasteiger partial charge in [0.15, 0.2) is 0 Å². The Morgan fingerprint density at radius 2 is 0.738 bits per heavy atom. The lowest BCUT2D eigenvalue weighted by atomic mass is 10.0. The molecule has 4 nitrogen and oxygen atoms in total. The third kappa shape index (κ3) is 33.4. The Bertz CT molecular complexity index is 561. The normalized spacial score (nSPS) is 12.0. The molecule has 42 heavy (non-hydrogen) atoms. The zero-order chi connectivity index (χ0) is 30.8. The highest BCUT2D eigenvalue weighted by Crippen LogP contribution is 2.17. The summed E-state index contributed by atoms with van der Waals surface area (Å²) in [6.45, 7) is 4.55. The summed E-state index contributed by atoms with van der Waals surface area (Å²) in [5.41, 5.74) is 0. The molecule has 1 unspecified atom stereocenters. The quantitative estimate of drug-likeness (QED) is 0.0585. The first-order chi connectivity index (χ1) is 20.6. The Hall–Kier alpha value is -1.06. The first-order valence-electron chi connectivity index (χ1n) is 19.0. The summed E-state index contributed by atoms with van der Waals surface area (Å²) in [4.78, 5) is 23.6. The van der Waals surface area contributed by atoms with Gasteiger partial charge in [-0.1, -0.05) is 194 Å². The van der Waals surface area contributed by atoms with E-state index >= 15 is 0 Å². The molecule has 0 spiro atoms. The zero-order valence-electron chi connectivity index (χ0n) is 28.6. The summed E-state index contributed by atoms with van der Waals surface area (Å²) in [6.07, 6.45) is 39.8. The lowest BCUT2D eigenvalue weighted by Gasteiger charge is -2.16. The van der Waals surface area contributed by atoms with Crippen LogP contribution in [0.2, 0.25) is 0 Å². The van der Waals surface area contributed by atoms with E-state index in [1.807, 2.05) is 0 Å². The largest absolute Gasteiger partial charge is 0.481 e. The number of unbranched alkanes of at least 4 members (excludes halogenated alkanes) is 28. The summed E-state index contributed by atoms with van der Waals surface area (Å²) in [5, 5.41) is 9.24. The first kappa shape index (κ1) is 40.9. The number of carboxylic acids is 1. The van der Waals surface area contributed by atoms with Gasteiger partial charge in [-0.15, -0.1) is 0 Å². The van der Waals surface area contributed by atoms with Crippen LogP contribution in [0.25, 0.3) is 0 Å². The van der Waals surface area contributed by atoms with E-state index in [1.54, 1.807) is 0 Å². The van der Waals surface area contributed by atoms with Crippen LogP contribution in [0.3, 0.4) is 0 Å². The lowest BCUT2D eigenvalue weighted by Crippen LogP contribution is -2.21. The molecule has 0 fully saturated rings. The highest BCUT2D eigenvalue weighted by Gasteiger charge is 2.17. The second-order valence-corrected chi connectivity index (χ2v) is 13.1. The van der Waals surface area contributed by atoms with Crippen molar-refractivity contribution < 1.29 is 19.4 Å². The molecule has 0 rings (SSSR count). The Labute approximate surface area is 262 Å². The van der Waals surface area contributed by atoms with E-state index in [0.717, 1.165) is 25.7 Å². The van der Waals surface area contributed by atoms with Crippen molar-refractivity contribution in [2.45, 2.75) is 232 Å². The molecule has 0 aliphatic rings. The molecular formula is C38H74O4. The fraction of sp³-hybridized carbons (Fsp3) is 0.947. The van der Waals surface area contributed by atoms with Crippen molar-refractivity contribution in [3.8, 4) is 0 Å². The van der Waals surface area contributed by atoms with Gasteiger partial charge in [0.1, 0.15) is 6.10 Å². The van der Waals surface area contributed by atoms with Crippen LogP contribution < -0.4 is 0 Å². The van der Waals surface area contributed by atoms with Crippen LogP contribution >= 0.6 is 0 Å². The standard InChI is InChI=1S/C38H74O4/c1-3-5-7-9-11-13-15-17-18-19-20-22-24-26-28-30-32-34-38(41)42-36(35-37(39)40)33-31-29-27-25-23-21-16-14-12-10-8-6-4-2/h36H,3-35H2,1-2H3,(H,39,40). The molecule has 0 heterocycles. The molecule has 0 amide bonds. The first-order valence-corrected chi connectivity index (χ1v) is 19.0. The van der Waals surface area contributed by atoms with Crippen molar-refractivity contribution in [3.05, 3.63) is 0 Å². The Morgan fingerprint density at radius 1 is 0.452 bits per heavy atom. The summed E-state index contributed by atoms with van der Waals surface area (Å²) in [5.74, 6) is -1.09. The van der Waals surface area contributed by atoms with Gasteiger partial charge in [-0.05, 0) is 19.3 Å². The van der Waals surface area contributed by atoms with Crippen molar-refractivity contribution in [1.82, 2.24) is 0 Å². The maximum absolute atomic E-state index is 12.3. The van der Waals surface area contributed by atoms with E-state index in [9.17, 15) is 14.7 Å². The number of carboxylic acid groups (broad SMARTS) is 1. The molecule has 1 N–H and O–H groups in total. The van der Waals surface area contributed by atoms with Gasteiger partial charge < -0.3 is 9.84 Å². The van der Waals surface area contributed by atoms with Crippen LogP contribution in [-0.2, 0) is 14.3 Å². The smallest absolute Gasteiger partial charge is 0.307 e. The highest BCUT2D eigenvalue weighted by atomic mass is 16.5. The maximum Gasteiger partial charge on any atom is 0.307 e. The van der Waals surface area contributed by atoms with Crippen molar-refractivity contribution in [2.75, 3.05) is 0 Å². The Morgan fingerprint density at radius 3 is 1.05 bits per heavy atom. The highest BCUT2D eigenvalue weighted by molar-refractivity contribution is 5.71. The molecule has 0 aliphatic heterocycles. The Balaban J connectivity index is 3.59. The average Bonchev–Trinajstić information content (AvgIpc) is 2.96.